The van der Waals surface area contributed by atoms with Crippen LogP contribution in [0.5, 0.6) is 0 Å². The fraction of sp³-hybridized carbons (Fsp3) is 0.316. The molecule has 0 aliphatic heterocycles. The summed E-state index contributed by atoms with van der Waals surface area (Å²) in [5, 5.41) is 0.626. The number of benzene rings is 2. The van der Waals surface area contributed by atoms with E-state index in [0.717, 1.165) is 5.56 Å². The lowest BCUT2D eigenvalue weighted by atomic mass is 10.2. The molecular weight excluding hydrogens is 404 g/mol. The Hall–Kier alpha value is -1.54. The lowest BCUT2D eigenvalue weighted by molar-refractivity contribution is -0.132. The molecule has 1 atom stereocenters. The molecule has 0 bridgehead atoms. The maximum absolute atomic E-state index is 12.9. The maximum Gasteiger partial charge on any atom is 0.241 e. The van der Waals surface area contributed by atoms with E-state index in [9.17, 15) is 13.2 Å². The Morgan fingerprint density at radius 2 is 1.78 bits per heavy atom. The summed E-state index contributed by atoms with van der Waals surface area (Å²) in [5.74, 6) is 0.404. The van der Waals surface area contributed by atoms with Gasteiger partial charge in [-0.3, -0.25) is 4.79 Å². The summed E-state index contributed by atoms with van der Waals surface area (Å²) >= 11 is 7.46. The van der Waals surface area contributed by atoms with Crippen molar-refractivity contribution in [3.8, 4) is 0 Å². The van der Waals surface area contributed by atoms with Gasteiger partial charge in [0.15, 0.2) is 0 Å². The summed E-state index contributed by atoms with van der Waals surface area (Å²) in [7, 11) is -2.10. The Labute approximate surface area is 170 Å². The zero-order valence-corrected chi connectivity index (χ0v) is 17.7. The molecule has 0 fully saturated rings. The first-order chi connectivity index (χ1) is 12.8. The summed E-state index contributed by atoms with van der Waals surface area (Å²) in [4.78, 5) is 14.6. The first-order valence-electron chi connectivity index (χ1n) is 8.39. The maximum atomic E-state index is 12.9. The third-order valence-corrected chi connectivity index (χ3v) is 6.35. The monoisotopic (exact) mass is 426 g/mol. The van der Waals surface area contributed by atoms with Crippen LogP contribution in [-0.2, 0) is 21.4 Å². The van der Waals surface area contributed by atoms with Gasteiger partial charge in [0.1, 0.15) is 6.04 Å². The molecule has 0 aromatic heterocycles. The van der Waals surface area contributed by atoms with Gasteiger partial charge in [-0.2, -0.15) is 16.5 Å². The van der Waals surface area contributed by atoms with Crippen LogP contribution in [0.15, 0.2) is 59.5 Å². The van der Waals surface area contributed by atoms with Gasteiger partial charge in [0.2, 0.25) is 15.9 Å². The molecule has 1 amide bonds. The van der Waals surface area contributed by atoms with E-state index in [0.29, 0.717) is 23.7 Å². The Balaban J connectivity index is 2.14. The summed E-state index contributed by atoms with van der Waals surface area (Å²) in [5.41, 5.74) is 0.921. The molecule has 0 saturated heterocycles. The zero-order chi connectivity index (χ0) is 19.9. The second-order valence-electron chi connectivity index (χ2n) is 6.09. The van der Waals surface area contributed by atoms with Gasteiger partial charge in [0, 0.05) is 18.6 Å². The van der Waals surface area contributed by atoms with Crippen LogP contribution in [0.3, 0.4) is 0 Å². The number of thioether (sulfide) groups is 1. The van der Waals surface area contributed by atoms with E-state index < -0.39 is 16.1 Å². The zero-order valence-electron chi connectivity index (χ0n) is 15.3. The minimum absolute atomic E-state index is 0.146. The van der Waals surface area contributed by atoms with Crippen LogP contribution in [0, 0.1) is 0 Å². The number of nitrogens with one attached hydrogen (secondary N) is 1. The molecule has 1 unspecified atom stereocenters. The SMILES string of the molecule is CSCCC(NS(=O)(=O)c1ccccc1)C(=O)N(C)Cc1ccc(Cl)cc1. The average molecular weight is 427 g/mol. The highest BCUT2D eigenvalue weighted by atomic mass is 35.5. The molecular formula is C19H23ClN2O3S2. The normalized spacial score (nSPS) is 12.6. The molecule has 2 rings (SSSR count). The summed E-state index contributed by atoms with van der Waals surface area (Å²) in [6.07, 6.45) is 2.33. The van der Waals surface area contributed by atoms with Crippen molar-refractivity contribution in [1.29, 1.82) is 0 Å². The van der Waals surface area contributed by atoms with Gasteiger partial charge in [0.05, 0.1) is 4.90 Å². The predicted octanol–water partition coefficient (Wildman–Crippen LogP) is 3.40. The highest BCUT2D eigenvalue weighted by Crippen LogP contribution is 2.14. The Morgan fingerprint density at radius 1 is 1.15 bits per heavy atom. The van der Waals surface area contributed by atoms with Crippen LogP contribution in [-0.4, -0.2) is 44.3 Å². The third-order valence-electron chi connectivity index (χ3n) is 3.97. The van der Waals surface area contributed by atoms with Crippen LogP contribution in [0.1, 0.15) is 12.0 Å². The number of amides is 1. The first kappa shape index (κ1) is 21.8. The van der Waals surface area contributed by atoms with Crippen LogP contribution >= 0.6 is 23.4 Å². The van der Waals surface area contributed by atoms with E-state index in [1.54, 1.807) is 49.1 Å². The molecule has 2 aromatic rings. The molecule has 0 saturated carbocycles. The number of halogens is 1. The second-order valence-corrected chi connectivity index (χ2v) is 9.23. The van der Waals surface area contributed by atoms with E-state index in [2.05, 4.69) is 4.72 Å². The topological polar surface area (TPSA) is 66.5 Å². The van der Waals surface area contributed by atoms with Crippen LogP contribution in [0.25, 0.3) is 0 Å². The molecule has 5 nitrogen and oxygen atoms in total. The number of carbonyl (C=O) groups excluding carboxylic acids is 1. The number of likely N-dealkylation sites (N-methyl/N-ethyl adjacent to an activating group) is 1. The molecule has 0 heterocycles. The molecule has 146 valence electrons. The lowest BCUT2D eigenvalue weighted by Gasteiger charge is -2.24. The quantitative estimate of drug-likeness (QED) is 0.667. The number of hydrogen-bond acceptors (Lipinski definition) is 4. The number of rotatable bonds is 9. The fourth-order valence-electron chi connectivity index (χ4n) is 2.53. The Morgan fingerprint density at radius 3 is 2.37 bits per heavy atom. The van der Waals surface area contributed by atoms with E-state index in [1.807, 2.05) is 18.4 Å². The van der Waals surface area contributed by atoms with Gasteiger partial charge in [0.25, 0.3) is 0 Å². The van der Waals surface area contributed by atoms with Crippen LogP contribution < -0.4 is 4.72 Å². The van der Waals surface area contributed by atoms with Gasteiger partial charge >= 0.3 is 0 Å². The highest BCUT2D eigenvalue weighted by Gasteiger charge is 2.27. The standard InChI is InChI=1S/C19H23ClN2O3S2/c1-22(14-15-8-10-16(20)11-9-15)19(23)18(12-13-26-2)21-27(24,25)17-6-4-3-5-7-17/h3-11,18,21H,12-14H2,1-2H3. The molecule has 8 heteroatoms. The number of sulfonamides is 1. The lowest BCUT2D eigenvalue weighted by Crippen LogP contribution is -2.47. The van der Waals surface area contributed by atoms with E-state index in [-0.39, 0.29) is 10.8 Å². The summed E-state index contributed by atoms with van der Waals surface area (Å²) < 4.78 is 27.8. The minimum atomic E-state index is -3.77. The average Bonchev–Trinajstić information content (AvgIpc) is 2.67. The van der Waals surface area contributed by atoms with Gasteiger partial charge in [-0.25, -0.2) is 8.42 Å². The Bertz CT molecular complexity index is 843. The molecule has 1 N–H and O–H groups in total. The van der Waals surface area contributed by atoms with Gasteiger partial charge in [-0.05, 0) is 48.3 Å². The van der Waals surface area contributed by atoms with E-state index in [1.165, 1.54) is 17.0 Å². The van der Waals surface area contributed by atoms with Crippen molar-refractivity contribution in [3.63, 3.8) is 0 Å². The van der Waals surface area contributed by atoms with E-state index >= 15 is 0 Å². The van der Waals surface area contributed by atoms with Crippen molar-refractivity contribution in [2.45, 2.75) is 23.9 Å². The third kappa shape index (κ3) is 6.53. The molecule has 0 radical (unpaired) electrons. The van der Waals surface area contributed by atoms with Crippen molar-refractivity contribution in [1.82, 2.24) is 9.62 Å². The van der Waals surface area contributed by atoms with Crippen molar-refractivity contribution >= 4 is 39.3 Å². The smallest absolute Gasteiger partial charge is 0.241 e. The first-order valence-corrected chi connectivity index (χ1v) is 11.6. The molecule has 27 heavy (non-hydrogen) atoms. The summed E-state index contributed by atoms with van der Waals surface area (Å²) in [6.45, 7) is 0.374. The van der Waals surface area contributed by atoms with Crippen LogP contribution in [0.2, 0.25) is 5.02 Å². The predicted molar refractivity (Wildman–Crippen MR) is 111 cm³/mol. The number of nitrogens with zero attached hydrogens (tertiary/aromatic N) is 1. The fourth-order valence-corrected chi connectivity index (χ4v) is 4.37. The van der Waals surface area contributed by atoms with Crippen molar-refractivity contribution in [3.05, 3.63) is 65.2 Å². The minimum Gasteiger partial charge on any atom is -0.340 e. The van der Waals surface area contributed by atoms with Crippen LogP contribution in [0.4, 0.5) is 0 Å². The van der Waals surface area contributed by atoms with Gasteiger partial charge in [-0.15, -0.1) is 0 Å². The largest absolute Gasteiger partial charge is 0.340 e. The molecule has 2 aromatic carbocycles. The molecule has 0 aliphatic carbocycles. The van der Waals surface area contributed by atoms with Crippen molar-refractivity contribution in [2.75, 3.05) is 19.1 Å². The van der Waals surface area contributed by atoms with Gasteiger partial charge in [-0.1, -0.05) is 41.9 Å². The van der Waals surface area contributed by atoms with Crippen molar-refractivity contribution in [2.24, 2.45) is 0 Å². The van der Waals surface area contributed by atoms with Crippen molar-refractivity contribution < 1.29 is 13.2 Å². The number of hydrogen-bond donors (Lipinski definition) is 1. The highest BCUT2D eigenvalue weighted by molar-refractivity contribution is 7.98. The molecule has 0 aliphatic rings. The Kier molecular flexibility index (Phi) is 8.16. The van der Waals surface area contributed by atoms with Gasteiger partial charge < -0.3 is 4.90 Å². The summed E-state index contributed by atoms with van der Waals surface area (Å²) in [6, 6.07) is 14.5. The van der Waals surface area contributed by atoms with E-state index in [4.69, 9.17) is 11.6 Å². The number of carbonyl (C=O) groups is 1. The molecule has 0 spiro atoms. The second kappa shape index (κ2) is 10.1.